The molecule has 2 aromatic rings. The lowest BCUT2D eigenvalue weighted by Crippen LogP contribution is -2.34. The van der Waals surface area contributed by atoms with Crippen LogP contribution in [-0.4, -0.2) is 71.1 Å². The van der Waals surface area contributed by atoms with Crippen molar-refractivity contribution in [3.63, 3.8) is 0 Å². The molecule has 0 bridgehead atoms. The number of aliphatic hydroxyl groups excluding tert-OH is 2. The van der Waals surface area contributed by atoms with Crippen molar-refractivity contribution in [1.82, 2.24) is 10.4 Å². The van der Waals surface area contributed by atoms with Gasteiger partial charge in [0.05, 0.1) is 18.4 Å². The molecule has 41 heavy (non-hydrogen) atoms. The molecule has 2 aromatic carbocycles. The average Bonchev–Trinajstić information content (AvgIpc) is 3.22. The van der Waals surface area contributed by atoms with Crippen molar-refractivity contribution >= 4 is 23.6 Å². The number of hydroxylamine groups is 2. The maximum absolute atomic E-state index is 12.5. The highest BCUT2D eigenvalue weighted by molar-refractivity contribution is 6.19. The zero-order valence-electron chi connectivity index (χ0n) is 23.6. The fourth-order valence-corrected chi connectivity index (χ4v) is 4.55. The van der Waals surface area contributed by atoms with E-state index < -0.39 is 24.0 Å². The summed E-state index contributed by atoms with van der Waals surface area (Å²) in [6.07, 6.45) is 5.99. The standard InChI is InChI=1S/C30H41N3O8/c1-22(35)41-32-20-29(38)33(30(32)39)26-11-8-10-23(17-26)9-4-2-6-15-40-16-7-3-5-14-31-19-28(37)24-12-13-27(36)25(18-24)21-34/h8,10-13,17-18,28,31,34,36-37H,2-7,9,14-16,19-21H2,1H3/t28-/m0/s1. The summed E-state index contributed by atoms with van der Waals surface area (Å²) in [5.41, 5.74) is 2.55. The van der Waals surface area contributed by atoms with Gasteiger partial charge in [0.25, 0.3) is 5.91 Å². The number of nitrogens with zero attached hydrogens (tertiary/aromatic N) is 2. The highest BCUT2D eigenvalue weighted by atomic mass is 16.7. The molecule has 3 amide bonds. The molecule has 224 valence electrons. The van der Waals surface area contributed by atoms with Crippen LogP contribution in [0.15, 0.2) is 42.5 Å². The quantitative estimate of drug-likeness (QED) is 0.156. The number of hydrogen-bond donors (Lipinski definition) is 4. The van der Waals surface area contributed by atoms with Crippen LogP contribution in [0.5, 0.6) is 5.75 Å². The summed E-state index contributed by atoms with van der Waals surface area (Å²) in [4.78, 5) is 41.7. The molecule has 1 fully saturated rings. The summed E-state index contributed by atoms with van der Waals surface area (Å²) >= 11 is 0. The molecule has 11 heteroatoms. The van der Waals surface area contributed by atoms with Crippen molar-refractivity contribution in [2.24, 2.45) is 0 Å². The molecule has 0 aliphatic carbocycles. The first-order chi connectivity index (χ1) is 19.8. The summed E-state index contributed by atoms with van der Waals surface area (Å²) < 4.78 is 5.74. The minimum Gasteiger partial charge on any atom is -0.508 e. The molecule has 0 aromatic heterocycles. The molecule has 1 saturated heterocycles. The summed E-state index contributed by atoms with van der Waals surface area (Å²) in [5, 5.41) is 33.2. The van der Waals surface area contributed by atoms with E-state index in [1.165, 1.54) is 13.0 Å². The number of benzene rings is 2. The second-order valence-corrected chi connectivity index (χ2v) is 10.1. The number of amides is 3. The van der Waals surface area contributed by atoms with Crippen LogP contribution in [0.4, 0.5) is 10.5 Å². The second kappa shape index (κ2) is 16.7. The molecule has 0 unspecified atom stereocenters. The number of rotatable bonds is 18. The van der Waals surface area contributed by atoms with Crippen LogP contribution in [0.3, 0.4) is 0 Å². The Morgan fingerprint density at radius 1 is 1.02 bits per heavy atom. The van der Waals surface area contributed by atoms with Gasteiger partial charge in [-0.2, -0.15) is 0 Å². The number of urea groups is 1. The summed E-state index contributed by atoms with van der Waals surface area (Å²) in [6.45, 7) is 3.22. The third-order valence-corrected chi connectivity index (χ3v) is 6.73. The van der Waals surface area contributed by atoms with Gasteiger partial charge in [-0.15, -0.1) is 5.06 Å². The van der Waals surface area contributed by atoms with Gasteiger partial charge in [0.1, 0.15) is 12.3 Å². The smallest absolute Gasteiger partial charge is 0.365 e. The minimum absolute atomic E-state index is 0.0222. The topological polar surface area (TPSA) is 149 Å². The number of ether oxygens (including phenoxy) is 1. The van der Waals surface area contributed by atoms with Crippen LogP contribution >= 0.6 is 0 Å². The third-order valence-electron chi connectivity index (χ3n) is 6.73. The molecular weight excluding hydrogens is 530 g/mol. The Balaban J connectivity index is 1.20. The highest BCUT2D eigenvalue weighted by Gasteiger charge is 2.39. The predicted octanol–water partition coefficient (Wildman–Crippen LogP) is 3.35. The Kier molecular flexibility index (Phi) is 13.0. The SMILES string of the molecule is CC(=O)ON1CC(=O)N(c2cccc(CCCCCOCCCCCNC[C@H](O)c3ccc(O)c(CO)c3)c2)C1=O. The summed E-state index contributed by atoms with van der Waals surface area (Å²) in [7, 11) is 0. The summed E-state index contributed by atoms with van der Waals surface area (Å²) in [6, 6.07) is 11.4. The third kappa shape index (κ3) is 10.1. The Labute approximate surface area is 240 Å². The number of aliphatic hydroxyl groups is 2. The van der Waals surface area contributed by atoms with E-state index in [1.807, 2.05) is 18.2 Å². The number of hydrogen-bond acceptors (Lipinski definition) is 9. The summed E-state index contributed by atoms with van der Waals surface area (Å²) in [5.74, 6) is -1.07. The fourth-order valence-electron chi connectivity index (χ4n) is 4.55. The molecule has 1 heterocycles. The Bertz CT molecular complexity index is 1160. The normalized spacial score (nSPS) is 14.1. The lowest BCUT2D eigenvalue weighted by Gasteiger charge is -2.16. The van der Waals surface area contributed by atoms with E-state index in [0.717, 1.165) is 67.0 Å². The Morgan fingerprint density at radius 3 is 2.51 bits per heavy atom. The molecule has 4 N–H and O–H groups in total. The van der Waals surface area contributed by atoms with Crippen molar-refractivity contribution in [3.8, 4) is 5.75 Å². The number of aryl methyl sites for hydroxylation is 1. The lowest BCUT2D eigenvalue weighted by atomic mass is 10.1. The molecule has 3 rings (SSSR count). The maximum atomic E-state index is 12.5. The van der Waals surface area contributed by atoms with E-state index in [-0.39, 0.29) is 18.9 Å². The van der Waals surface area contributed by atoms with E-state index >= 15 is 0 Å². The first kappa shape index (κ1) is 32.0. The number of anilines is 1. The number of carbonyl (C=O) groups is 3. The van der Waals surface area contributed by atoms with Crippen LogP contribution in [0.25, 0.3) is 0 Å². The van der Waals surface area contributed by atoms with Crippen LogP contribution in [0.1, 0.15) is 68.2 Å². The van der Waals surface area contributed by atoms with Gasteiger partial charge in [0.15, 0.2) is 0 Å². The van der Waals surface area contributed by atoms with Crippen molar-refractivity contribution in [2.45, 2.75) is 64.6 Å². The molecule has 0 saturated carbocycles. The van der Waals surface area contributed by atoms with Crippen molar-refractivity contribution in [3.05, 3.63) is 59.2 Å². The molecule has 1 atom stereocenters. The molecule has 11 nitrogen and oxygen atoms in total. The molecule has 1 aliphatic heterocycles. The number of nitrogens with one attached hydrogen (secondary N) is 1. The number of phenols is 1. The largest absolute Gasteiger partial charge is 0.508 e. The first-order valence-electron chi connectivity index (χ1n) is 14.1. The monoisotopic (exact) mass is 571 g/mol. The van der Waals surface area contributed by atoms with Gasteiger partial charge in [0, 0.05) is 32.2 Å². The number of unbranched alkanes of at least 4 members (excludes halogenated alkanes) is 4. The van der Waals surface area contributed by atoms with Gasteiger partial charge in [0.2, 0.25) is 0 Å². The van der Waals surface area contributed by atoms with E-state index in [4.69, 9.17) is 9.57 Å². The van der Waals surface area contributed by atoms with Crippen molar-refractivity contribution < 1.29 is 39.3 Å². The number of imide groups is 1. The molecule has 1 aliphatic rings. The average molecular weight is 572 g/mol. The van der Waals surface area contributed by atoms with Crippen molar-refractivity contribution in [2.75, 3.05) is 37.7 Å². The van der Waals surface area contributed by atoms with E-state index in [2.05, 4.69) is 5.32 Å². The van der Waals surface area contributed by atoms with Crippen LogP contribution in [0, 0.1) is 0 Å². The van der Waals surface area contributed by atoms with Gasteiger partial charge in [-0.25, -0.2) is 9.69 Å². The van der Waals surface area contributed by atoms with E-state index in [0.29, 0.717) is 36.6 Å². The van der Waals surface area contributed by atoms with E-state index in [1.54, 1.807) is 18.2 Å². The van der Waals surface area contributed by atoms with E-state index in [9.17, 15) is 29.7 Å². The van der Waals surface area contributed by atoms with Gasteiger partial charge in [-0.3, -0.25) is 9.59 Å². The van der Waals surface area contributed by atoms with Gasteiger partial charge < -0.3 is 30.2 Å². The van der Waals surface area contributed by atoms with Crippen molar-refractivity contribution in [1.29, 1.82) is 0 Å². The van der Waals surface area contributed by atoms with Crippen LogP contribution in [0.2, 0.25) is 0 Å². The Hall–Kier alpha value is -3.51. The second-order valence-electron chi connectivity index (χ2n) is 10.1. The zero-order valence-corrected chi connectivity index (χ0v) is 23.6. The maximum Gasteiger partial charge on any atom is 0.365 e. The zero-order chi connectivity index (χ0) is 29.6. The number of aromatic hydroxyl groups is 1. The van der Waals surface area contributed by atoms with Gasteiger partial charge in [-0.1, -0.05) is 24.6 Å². The number of carbonyl (C=O) groups excluding carboxylic acids is 3. The molecular formula is C30H41N3O8. The lowest BCUT2D eigenvalue weighted by molar-refractivity contribution is -0.171. The fraction of sp³-hybridized carbons (Fsp3) is 0.500. The predicted molar refractivity (Wildman–Crippen MR) is 152 cm³/mol. The van der Waals surface area contributed by atoms with Gasteiger partial charge in [-0.05, 0) is 80.5 Å². The minimum atomic E-state index is -0.702. The van der Waals surface area contributed by atoms with Gasteiger partial charge >= 0.3 is 12.0 Å². The molecule has 0 radical (unpaired) electrons. The highest BCUT2D eigenvalue weighted by Crippen LogP contribution is 2.24. The first-order valence-corrected chi connectivity index (χ1v) is 14.1. The van der Waals surface area contributed by atoms with Crippen LogP contribution in [-0.2, 0) is 32.2 Å². The Morgan fingerprint density at radius 2 is 1.78 bits per heavy atom. The van der Waals surface area contributed by atoms with Crippen LogP contribution < -0.4 is 10.2 Å². The molecule has 0 spiro atoms.